The van der Waals surface area contributed by atoms with Crippen LogP contribution in [0.15, 0.2) is 0 Å². The minimum atomic E-state index is -6.11. The zero-order valence-electron chi connectivity index (χ0n) is 64.1. The van der Waals surface area contributed by atoms with Gasteiger partial charge in [0.25, 0.3) is 0 Å². The molecule has 4 rings (SSSR count). The van der Waals surface area contributed by atoms with Gasteiger partial charge < -0.3 is 22.8 Å². The Balaban J connectivity index is 0.000000482. The standard InChI is InChI=1S/C33H58F6O3Si2.C30H58O2Si2/c1-27(2,3)44(11,12)41-25-16-13-22-30(7)24(25)17-18-26(30)29(6,20-14-19-28(4,5)42-43(8,9)10)21-15-23-31(40,32(34,35)36)33(37,38)39;1-14-20-29(7,22-16-21-28(5,6)32-33(9,10)11)26-19-18-24-25(17-15-23-30(24,26)8)31-34(12,13)27(2,3)4/h24-26,40H,13-14,16-22H2,1-12H3;1,24-26H,15-23H2,2-13H3/t2*24?,25-,26+,29?,30-/m00/s1/i4D3,5D3;5D3,6D3. The smallest absolute Gasteiger partial charge is 0.414 e. The highest BCUT2D eigenvalue weighted by atomic mass is 28.4. The van der Waals surface area contributed by atoms with Crippen LogP contribution in [0.4, 0.5) is 26.3 Å². The summed E-state index contributed by atoms with van der Waals surface area (Å²) >= 11 is 0. The number of alkyl halides is 6. The summed E-state index contributed by atoms with van der Waals surface area (Å²) in [7, 11) is -9.39. The van der Waals surface area contributed by atoms with Gasteiger partial charge in [-0.2, -0.15) is 26.3 Å². The SMILES string of the molecule is [2H]C([2H])([2H])C(CCCC(C)(CC#C)[C@H]1CCC2[C@@H](O[Si](C)(C)C(C)(C)C)CCC[C@@]21C)(O[Si](C)(C)C)C([2H])([2H])[2H].[2H]C([2H])([2H])C(CCCC(C)(CC#CC(O)(C(F)(F)F)C(F)(F)F)[C@H]1CCC2[C@@H](O[Si](C)(C)C(C)(C)C)CCC[C@@]21C)(O[Si](C)(C)C)C([2H])([2H])[2H]. The van der Waals surface area contributed by atoms with Gasteiger partial charge in [-0.15, -0.1) is 12.3 Å². The molecule has 4 saturated carbocycles. The van der Waals surface area contributed by atoms with Gasteiger partial charge in [-0.3, -0.25) is 0 Å². The summed E-state index contributed by atoms with van der Waals surface area (Å²) in [4.78, 5) is 0. The summed E-state index contributed by atoms with van der Waals surface area (Å²) in [5.41, 5.74) is -11.6. The monoisotopic (exact) mass is 1190 g/mol. The first kappa shape index (κ1) is 54.0. The highest BCUT2D eigenvalue weighted by molar-refractivity contribution is 6.74. The molecule has 1 N–H and O–H groups in total. The Labute approximate surface area is 495 Å². The van der Waals surface area contributed by atoms with Gasteiger partial charge in [0, 0.05) is 41.5 Å². The summed E-state index contributed by atoms with van der Waals surface area (Å²) in [6.07, 6.45) is 3.97. The van der Waals surface area contributed by atoms with Gasteiger partial charge in [-0.05, 0) is 231 Å². The number of halogens is 6. The van der Waals surface area contributed by atoms with E-state index in [1.807, 2.05) is 19.6 Å². The minimum Gasteiger partial charge on any atom is -0.414 e. The molecule has 5 nitrogen and oxygen atoms in total. The summed E-state index contributed by atoms with van der Waals surface area (Å²) < 4.78 is 207. The van der Waals surface area contributed by atoms with Gasteiger partial charge in [-0.25, -0.2) is 0 Å². The molecule has 0 spiro atoms. The molecule has 4 fully saturated rings. The Morgan fingerprint density at radius 1 is 0.551 bits per heavy atom. The van der Waals surface area contributed by atoms with Crippen LogP contribution in [-0.2, 0) is 17.7 Å². The molecule has 4 aliphatic carbocycles. The molecule has 0 bridgehead atoms. The van der Waals surface area contributed by atoms with Crippen LogP contribution in [0.2, 0.25) is 75.5 Å². The van der Waals surface area contributed by atoms with Crippen LogP contribution < -0.4 is 0 Å². The zero-order valence-corrected chi connectivity index (χ0v) is 56.1. The second-order valence-electron chi connectivity index (χ2n) is 30.8. The van der Waals surface area contributed by atoms with Gasteiger partial charge in [0.05, 0.1) is 11.2 Å². The average molecular weight is 1190 g/mol. The van der Waals surface area contributed by atoms with Crippen molar-refractivity contribution in [3.8, 4) is 24.2 Å². The van der Waals surface area contributed by atoms with E-state index >= 15 is 0 Å². The maximum Gasteiger partial charge on any atom is 0.438 e. The molecule has 10 atom stereocenters. The van der Waals surface area contributed by atoms with E-state index in [1.54, 1.807) is 26.6 Å². The van der Waals surface area contributed by atoms with Crippen LogP contribution >= 0.6 is 0 Å². The molecule has 78 heavy (non-hydrogen) atoms. The van der Waals surface area contributed by atoms with Crippen LogP contribution in [0.3, 0.4) is 0 Å². The van der Waals surface area contributed by atoms with E-state index in [0.29, 0.717) is 43.9 Å². The maximum atomic E-state index is 13.6. The predicted octanol–water partition coefficient (Wildman–Crippen LogP) is 20.1. The van der Waals surface area contributed by atoms with E-state index < -0.39 is 114 Å². The molecule has 0 aromatic carbocycles. The third-order valence-corrected chi connectivity index (χ3v) is 30.8. The Morgan fingerprint density at radius 3 is 1.19 bits per heavy atom. The molecule has 456 valence electrons. The number of aliphatic hydroxyl groups is 1. The molecular formula is C63H116F6O5Si4. The Morgan fingerprint density at radius 2 is 0.897 bits per heavy atom. The first-order valence-corrected chi connectivity index (χ1v) is 41.9. The lowest BCUT2D eigenvalue weighted by atomic mass is 9.56. The normalized spacial score (nSPS) is 31.7. The van der Waals surface area contributed by atoms with Crippen LogP contribution in [-0.4, -0.2) is 79.7 Å². The van der Waals surface area contributed by atoms with E-state index in [0.717, 1.165) is 57.3 Å². The summed E-state index contributed by atoms with van der Waals surface area (Å²) in [5.74, 6) is 6.77. The molecular weight excluding hydrogens is 1060 g/mol. The molecule has 15 heteroatoms. The van der Waals surface area contributed by atoms with Crippen molar-refractivity contribution < 1.29 is 65.6 Å². The van der Waals surface area contributed by atoms with Crippen molar-refractivity contribution in [2.75, 3.05) is 0 Å². The largest absolute Gasteiger partial charge is 0.438 e. The molecule has 0 heterocycles. The summed E-state index contributed by atoms with van der Waals surface area (Å²) in [6.45, 7) is 29.8. The van der Waals surface area contributed by atoms with Crippen molar-refractivity contribution in [3.05, 3.63) is 0 Å². The number of hydrogen-bond donors (Lipinski definition) is 1. The molecule has 0 aromatic rings. The number of fused-ring (bicyclic) bond motifs is 2. The number of hydrogen-bond acceptors (Lipinski definition) is 5. The van der Waals surface area contributed by atoms with E-state index in [4.69, 9.17) is 40.6 Å². The fourth-order valence-electron chi connectivity index (χ4n) is 14.2. The molecule has 0 amide bonds. The lowest BCUT2D eigenvalue weighted by Crippen LogP contribution is -2.55. The average Bonchev–Trinajstić information content (AvgIpc) is 1.45. The molecule has 0 radical (unpaired) electrons. The van der Waals surface area contributed by atoms with Crippen LogP contribution in [0.5, 0.6) is 0 Å². The van der Waals surface area contributed by atoms with Crippen LogP contribution in [0, 0.1) is 69.5 Å². The second-order valence-corrected chi connectivity index (χ2v) is 49.1. The summed E-state index contributed by atoms with van der Waals surface area (Å²) in [5, 5.41) is 9.89. The first-order chi connectivity index (χ1) is 39.7. The van der Waals surface area contributed by atoms with Gasteiger partial charge >= 0.3 is 18.0 Å². The fourth-order valence-corrected chi connectivity index (χ4v) is 19.3. The van der Waals surface area contributed by atoms with Gasteiger partial charge in [-0.1, -0.05) is 101 Å². The van der Waals surface area contributed by atoms with Crippen molar-refractivity contribution in [1.82, 2.24) is 0 Å². The van der Waals surface area contributed by atoms with Gasteiger partial charge in [0.15, 0.2) is 33.3 Å². The maximum absolute atomic E-state index is 13.6. The van der Waals surface area contributed by atoms with Crippen molar-refractivity contribution in [3.63, 3.8) is 0 Å². The third-order valence-electron chi connectivity index (χ3n) is 19.9. The van der Waals surface area contributed by atoms with E-state index in [9.17, 15) is 31.4 Å². The number of terminal acetylenes is 1. The quantitative estimate of drug-likeness (QED) is 0.0748. The van der Waals surface area contributed by atoms with Crippen molar-refractivity contribution >= 4 is 33.3 Å². The lowest BCUT2D eigenvalue weighted by Gasteiger charge is -2.52. The van der Waals surface area contributed by atoms with Crippen molar-refractivity contribution in [2.45, 2.75) is 329 Å². The lowest BCUT2D eigenvalue weighted by molar-refractivity contribution is -0.343. The Kier molecular flexibility index (Phi) is 17.2. The summed E-state index contributed by atoms with van der Waals surface area (Å²) in [6, 6.07) is 0. The predicted molar refractivity (Wildman–Crippen MR) is 324 cm³/mol. The molecule has 0 aromatic heterocycles. The first-order valence-electron chi connectivity index (χ1n) is 35.2. The van der Waals surface area contributed by atoms with Crippen LogP contribution in [0.1, 0.15) is 229 Å². The zero-order chi connectivity index (χ0) is 70.6. The second kappa shape index (κ2) is 24.8. The van der Waals surface area contributed by atoms with Crippen LogP contribution in [0.25, 0.3) is 0 Å². The molecule has 4 aliphatic rings. The molecule has 4 unspecified atom stereocenters. The minimum absolute atomic E-state index is 0.0333. The Bertz CT molecular complexity index is 2460. The third kappa shape index (κ3) is 17.7. The van der Waals surface area contributed by atoms with Crippen molar-refractivity contribution in [1.29, 1.82) is 0 Å². The molecule has 0 aliphatic heterocycles. The topological polar surface area (TPSA) is 57.2 Å². The van der Waals surface area contributed by atoms with Crippen molar-refractivity contribution in [2.24, 2.45) is 45.3 Å². The Hall–Kier alpha value is -0.632. The molecule has 0 saturated heterocycles. The number of rotatable bonds is 20. The highest BCUT2D eigenvalue weighted by Crippen LogP contribution is 2.65. The van der Waals surface area contributed by atoms with E-state index in [2.05, 4.69) is 100 Å². The van der Waals surface area contributed by atoms with Gasteiger partial charge in [0.2, 0.25) is 0 Å². The highest BCUT2D eigenvalue weighted by Gasteiger charge is 2.70. The van der Waals surface area contributed by atoms with Gasteiger partial charge in [0.1, 0.15) is 0 Å². The van der Waals surface area contributed by atoms with E-state index in [-0.39, 0.29) is 64.2 Å². The fraction of sp³-hybridized carbons (Fsp3) is 0.937. The van der Waals surface area contributed by atoms with E-state index in [1.165, 1.54) is 0 Å².